The van der Waals surface area contributed by atoms with E-state index in [1.165, 1.54) is 0 Å². The number of hydrogen-bond acceptors (Lipinski definition) is 3. The first-order valence-electron chi connectivity index (χ1n) is 5.11. The Balaban J connectivity index is 2.31. The molecule has 1 unspecified atom stereocenters. The van der Waals surface area contributed by atoms with Crippen molar-refractivity contribution in [3.8, 4) is 0 Å². The highest BCUT2D eigenvalue weighted by Crippen LogP contribution is 2.42. The lowest BCUT2D eigenvalue weighted by molar-refractivity contribution is -0.0400. The lowest BCUT2D eigenvalue weighted by Gasteiger charge is -2.38. The zero-order chi connectivity index (χ0) is 10.2. The summed E-state index contributed by atoms with van der Waals surface area (Å²) in [6.07, 6.45) is 5.48. The quantitative estimate of drug-likeness (QED) is 0.756. The molecule has 0 radical (unpaired) electrons. The van der Waals surface area contributed by atoms with E-state index in [1.54, 1.807) is 25.3 Å². The van der Waals surface area contributed by atoms with Gasteiger partial charge in [0.05, 0.1) is 11.8 Å². The summed E-state index contributed by atoms with van der Waals surface area (Å²) in [6, 6.07) is 3.56. The molecule has 1 aromatic rings. The fourth-order valence-corrected chi connectivity index (χ4v) is 2.29. The van der Waals surface area contributed by atoms with Gasteiger partial charge < -0.3 is 15.3 Å². The van der Waals surface area contributed by atoms with Gasteiger partial charge in [-0.05, 0) is 31.9 Å². The predicted molar refractivity (Wildman–Crippen MR) is 53.7 cm³/mol. The first-order chi connectivity index (χ1) is 6.56. The minimum Gasteiger partial charge on any atom is -0.466 e. The molecule has 14 heavy (non-hydrogen) atoms. The van der Waals surface area contributed by atoms with E-state index in [4.69, 9.17) is 10.2 Å². The molecule has 0 spiro atoms. The van der Waals surface area contributed by atoms with Crippen LogP contribution >= 0.6 is 0 Å². The molecule has 0 aliphatic heterocycles. The summed E-state index contributed by atoms with van der Waals surface area (Å²) in [5, 5.41) is 10.4. The number of rotatable bonds is 2. The third kappa shape index (κ3) is 1.28. The third-order valence-corrected chi connectivity index (χ3v) is 3.47. The lowest BCUT2D eigenvalue weighted by atomic mass is 9.78. The summed E-state index contributed by atoms with van der Waals surface area (Å²) in [7, 11) is 0. The summed E-state index contributed by atoms with van der Waals surface area (Å²) in [4.78, 5) is 0. The number of nitrogens with two attached hydrogens (primary N) is 1. The molecule has 1 aromatic heterocycles. The summed E-state index contributed by atoms with van der Waals surface area (Å²) in [5.74, 6) is 0.571. The molecule has 1 heterocycles. The van der Waals surface area contributed by atoms with Crippen molar-refractivity contribution in [1.82, 2.24) is 0 Å². The molecular formula is C11H17NO2. The maximum Gasteiger partial charge on any atom is 0.137 e. The Morgan fingerprint density at radius 2 is 2.14 bits per heavy atom. The van der Waals surface area contributed by atoms with E-state index in [0.717, 1.165) is 25.7 Å². The zero-order valence-corrected chi connectivity index (χ0v) is 8.49. The minimum atomic E-state index is -1.05. The highest BCUT2D eigenvalue weighted by Gasteiger charge is 2.48. The van der Waals surface area contributed by atoms with Gasteiger partial charge in [-0.2, -0.15) is 0 Å². The average molecular weight is 195 g/mol. The van der Waals surface area contributed by atoms with Crippen LogP contribution in [-0.4, -0.2) is 10.6 Å². The molecule has 1 saturated carbocycles. The molecule has 1 atom stereocenters. The van der Waals surface area contributed by atoms with E-state index in [-0.39, 0.29) is 0 Å². The van der Waals surface area contributed by atoms with Crippen molar-refractivity contribution in [2.75, 3.05) is 0 Å². The van der Waals surface area contributed by atoms with Gasteiger partial charge in [-0.15, -0.1) is 0 Å². The summed E-state index contributed by atoms with van der Waals surface area (Å²) in [5.41, 5.74) is 4.65. The molecule has 2 rings (SSSR count). The second-order valence-corrected chi connectivity index (χ2v) is 4.41. The molecule has 0 aromatic carbocycles. The Morgan fingerprint density at radius 3 is 2.64 bits per heavy atom. The Kier molecular flexibility index (Phi) is 2.16. The van der Waals surface area contributed by atoms with Crippen LogP contribution in [0.4, 0.5) is 0 Å². The van der Waals surface area contributed by atoms with Crippen molar-refractivity contribution in [2.45, 2.75) is 43.7 Å². The third-order valence-electron chi connectivity index (χ3n) is 3.47. The van der Waals surface area contributed by atoms with Crippen molar-refractivity contribution in [3.05, 3.63) is 24.2 Å². The van der Waals surface area contributed by atoms with Crippen LogP contribution < -0.4 is 5.73 Å². The number of furan rings is 1. The molecule has 0 amide bonds. The number of hydrogen-bond donors (Lipinski definition) is 2. The van der Waals surface area contributed by atoms with Gasteiger partial charge in [0.15, 0.2) is 0 Å². The monoisotopic (exact) mass is 195 g/mol. The molecule has 78 valence electrons. The van der Waals surface area contributed by atoms with Crippen LogP contribution in [0.2, 0.25) is 0 Å². The van der Waals surface area contributed by atoms with Crippen molar-refractivity contribution in [3.63, 3.8) is 0 Å². The first-order valence-corrected chi connectivity index (χ1v) is 5.11. The SMILES string of the molecule is CC(O)(c1ccco1)C1(N)CCCC1. The standard InChI is InChI=1S/C11H17NO2/c1-10(13,9-5-4-8-14-9)11(12)6-2-3-7-11/h4-5,8,13H,2-3,6-7,12H2,1H3. The summed E-state index contributed by atoms with van der Waals surface area (Å²) in [6.45, 7) is 1.75. The smallest absolute Gasteiger partial charge is 0.137 e. The topological polar surface area (TPSA) is 59.4 Å². The largest absolute Gasteiger partial charge is 0.466 e. The molecule has 1 aliphatic carbocycles. The molecule has 3 nitrogen and oxygen atoms in total. The molecule has 3 N–H and O–H groups in total. The minimum absolute atomic E-state index is 0.523. The van der Waals surface area contributed by atoms with Crippen molar-refractivity contribution >= 4 is 0 Å². The van der Waals surface area contributed by atoms with Crippen LogP contribution in [0, 0.1) is 0 Å². The first kappa shape index (κ1) is 9.74. The van der Waals surface area contributed by atoms with E-state index in [0.29, 0.717) is 5.76 Å². The molecule has 3 heteroatoms. The fourth-order valence-electron chi connectivity index (χ4n) is 2.29. The van der Waals surface area contributed by atoms with Crippen LogP contribution in [-0.2, 0) is 5.60 Å². The number of aliphatic hydroxyl groups is 1. The Bertz CT molecular complexity index is 297. The van der Waals surface area contributed by atoms with Gasteiger partial charge in [-0.25, -0.2) is 0 Å². The highest BCUT2D eigenvalue weighted by atomic mass is 16.4. The Morgan fingerprint density at radius 1 is 1.50 bits per heavy atom. The Labute approximate surface area is 83.9 Å². The van der Waals surface area contributed by atoms with E-state index in [2.05, 4.69) is 0 Å². The van der Waals surface area contributed by atoms with Crippen molar-refractivity contribution in [2.24, 2.45) is 5.73 Å². The molecule has 0 bridgehead atoms. The van der Waals surface area contributed by atoms with Crippen LogP contribution in [0.5, 0.6) is 0 Å². The average Bonchev–Trinajstić information content (AvgIpc) is 2.73. The molecule has 0 saturated heterocycles. The van der Waals surface area contributed by atoms with E-state index in [1.807, 2.05) is 0 Å². The van der Waals surface area contributed by atoms with Gasteiger partial charge in [0.25, 0.3) is 0 Å². The normalized spacial score (nSPS) is 24.8. The summed E-state index contributed by atoms with van der Waals surface area (Å²) >= 11 is 0. The maximum atomic E-state index is 10.4. The summed E-state index contributed by atoms with van der Waals surface area (Å²) < 4.78 is 5.25. The predicted octanol–water partition coefficient (Wildman–Crippen LogP) is 1.76. The zero-order valence-electron chi connectivity index (χ0n) is 8.49. The second-order valence-electron chi connectivity index (χ2n) is 4.41. The van der Waals surface area contributed by atoms with Crippen molar-refractivity contribution < 1.29 is 9.52 Å². The van der Waals surface area contributed by atoms with Crippen molar-refractivity contribution in [1.29, 1.82) is 0 Å². The Hall–Kier alpha value is -0.800. The van der Waals surface area contributed by atoms with Gasteiger partial charge in [0.2, 0.25) is 0 Å². The van der Waals surface area contributed by atoms with Gasteiger partial charge >= 0.3 is 0 Å². The van der Waals surface area contributed by atoms with E-state index < -0.39 is 11.1 Å². The van der Waals surface area contributed by atoms with Crippen LogP contribution in [0.15, 0.2) is 22.8 Å². The highest BCUT2D eigenvalue weighted by molar-refractivity contribution is 5.17. The van der Waals surface area contributed by atoms with Crippen LogP contribution in [0.25, 0.3) is 0 Å². The fraction of sp³-hybridized carbons (Fsp3) is 0.636. The van der Waals surface area contributed by atoms with Gasteiger partial charge in [0.1, 0.15) is 11.4 Å². The van der Waals surface area contributed by atoms with E-state index in [9.17, 15) is 5.11 Å². The molecule has 1 aliphatic rings. The lowest BCUT2D eigenvalue weighted by Crippen LogP contribution is -2.54. The molecular weight excluding hydrogens is 178 g/mol. The van der Waals surface area contributed by atoms with Crippen LogP contribution in [0.3, 0.4) is 0 Å². The van der Waals surface area contributed by atoms with Gasteiger partial charge in [0, 0.05) is 0 Å². The van der Waals surface area contributed by atoms with E-state index >= 15 is 0 Å². The van der Waals surface area contributed by atoms with Crippen LogP contribution in [0.1, 0.15) is 38.4 Å². The van der Waals surface area contributed by atoms with Gasteiger partial charge in [-0.1, -0.05) is 12.8 Å². The second kappa shape index (κ2) is 3.11. The maximum absolute atomic E-state index is 10.4. The molecule has 1 fully saturated rings. The van der Waals surface area contributed by atoms with Gasteiger partial charge in [-0.3, -0.25) is 0 Å².